The summed E-state index contributed by atoms with van der Waals surface area (Å²) in [7, 11) is 1.52. The highest BCUT2D eigenvalue weighted by Crippen LogP contribution is 2.27. The molecule has 1 amide bonds. The van der Waals surface area contributed by atoms with E-state index in [-0.39, 0.29) is 11.9 Å². The van der Waals surface area contributed by atoms with Crippen molar-refractivity contribution in [2.24, 2.45) is 0 Å². The Balaban J connectivity index is 1.61. The summed E-state index contributed by atoms with van der Waals surface area (Å²) in [6.07, 6.45) is 0. The van der Waals surface area contributed by atoms with Gasteiger partial charge in [-0.15, -0.1) is 5.10 Å². The number of halogens is 1. The van der Waals surface area contributed by atoms with Crippen molar-refractivity contribution in [3.63, 3.8) is 0 Å². The van der Waals surface area contributed by atoms with Crippen LogP contribution in [0.15, 0.2) is 65.1 Å². The highest BCUT2D eigenvalue weighted by Gasteiger charge is 2.17. The number of methoxy groups -OCH3 is 1. The van der Waals surface area contributed by atoms with Crippen LogP contribution in [-0.4, -0.2) is 23.2 Å². The average molecular weight is 380 g/mol. The fourth-order valence-electron chi connectivity index (χ4n) is 2.71. The first-order valence-corrected chi connectivity index (χ1v) is 8.49. The van der Waals surface area contributed by atoms with Gasteiger partial charge in [-0.25, -0.2) is 0 Å². The number of hydrogen-bond donors (Lipinski definition) is 1. The van der Waals surface area contributed by atoms with Crippen LogP contribution in [0.3, 0.4) is 0 Å². The zero-order chi connectivity index (χ0) is 18.8. The Hall–Kier alpha value is -3.38. The second-order valence-corrected chi connectivity index (χ2v) is 6.21. The van der Waals surface area contributed by atoms with E-state index in [0.717, 1.165) is 10.8 Å². The Morgan fingerprint density at radius 1 is 1.04 bits per heavy atom. The fourth-order valence-corrected chi connectivity index (χ4v) is 2.84. The van der Waals surface area contributed by atoms with E-state index in [0.29, 0.717) is 21.9 Å². The Kier molecular flexibility index (Phi) is 4.48. The van der Waals surface area contributed by atoms with Gasteiger partial charge in [0.1, 0.15) is 5.75 Å². The molecule has 0 fully saturated rings. The normalized spacial score (nSPS) is 10.7. The van der Waals surface area contributed by atoms with Crippen LogP contribution in [0.2, 0.25) is 5.02 Å². The first-order chi connectivity index (χ1) is 13.1. The molecule has 0 aliphatic heterocycles. The quantitative estimate of drug-likeness (QED) is 0.551. The van der Waals surface area contributed by atoms with E-state index in [4.69, 9.17) is 20.8 Å². The molecule has 0 radical (unpaired) electrons. The summed E-state index contributed by atoms with van der Waals surface area (Å²) < 4.78 is 10.9. The molecule has 134 valence electrons. The second-order valence-electron chi connectivity index (χ2n) is 5.77. The molecular weight excluding hydrogens is 366 g/mol. The van der Waals surface area contributed by atoms with E-state index in [1.807, 2.05) is 30.3 Å². The molecule has 0 saturated carbocycles. The minimum Gasteiger partial charge on any atom is -0.496 e. The molecule has 0 saturated heterocycles. The monoisotopic (exact) mass is 379 g/mol. The van der Waals surface area contributed by atoms with Crippen LogP contribution >= 0.6 is 11.6 Å². The summed E-state index contributed by atoms with van der Waals surface area (Å²) in [6, 6.07) is 18.3. The van der Waals surface area contributed by atoms with E-state index in [9.17, 15) is 4.79 Å². The molecule has 1 N–H and O–H groups in total. The summed E-state index contributed by atoms with van der Waals surface area (Å²) in [5.74, 6) is 0.347. The highest BCUT2D eigenvalue weighted by molar-refractivity contribution is 6.30. The van der Waals surface area contributed by atoms with Crippen molar-refractivity contribution in [2.45, 2.75) is 0 Å². The molecule has 0 bridgehead atoms. The van der Waals surface area contributed by atoms with Crippen molar-refractivity contribution < 1.29 is 13.9 Å². The van der Waals surface area contributed by atoms with Gasteiger partial charge in [0.2, 0.25) is 5.89 Å². The number of nitrogens with one attached hydrogen (secondary N) is 1. The molecule has 4 aromatic rings. The lowest BCUT2D eigenvalue weighted by Crippen LogP contribution is -2.13. The van der Waals surface area contributed by atoms with Crippen LogP contribution in [0.1, 0.15) is 10.4 Å². The van der Waals surface area contributed by atoms with E-state index in [2.05, 4.69) is 15.5 Å². The largest absolute Gasteiger partial charge is 0.496 e. The van der Waals surface area contributed by atoms with Gasteiger partial charge in [-0.05, 0) is 47.2 Å². The minimum atomic E-state index is -0.399. The standard InChI is InChI=1S/C20H14ClN3O3/c1-26-17-11-14-5-3-2-4-13(14)10-16(17)18(25)22-20-24-23-19(27-20)12-6-8-15(21)9-7-12/h2-11H,1H3,(H,22,24,25). The molecule has 7 heteroatoms. The van der Waals surface area contributed by atoms with Crippen LogP contribution < -0.4 is 10.1 Å². The van der Waals surface area contributed by atoms with Crippen LogP contribution in [0.5, 0.6) is 5.75 Å². The minimum absolute atomic E-state index is 0.000150. The molecule has 0 aliphatic carbocycles. The maximum Gasteiger partial charge on any atom is 0.322 e. The molecule has 3 aromatic carbocycles. The maximum atomic E-state index is 12.7. The number of ether oxygens (including phenoxy) is 1. The lowest BCUT2D eigenvalue weighted by atomic mass is 10.1. The molecule has 1 heterocycles. The third-order valence-corrected chi connectivity index (χ3v) is 4.30. The van der Waals surface area contributed by atoms with Crippen molar-refractivity contribution >= 4 is 34.3 Å². The van der Waals surface area contributed by atoms with Crippen molar-refractivity contribution in [3.8, 4) is 17.2 Å². The van der Waals surface area contributed by atoms with Gasteiger partial charge in [0, 0.05) is 10.6 Å². The molecule has 0 spiro atoms. The van der Waals surface area contributed by atoms with Crippen molar-refractivity contribution in [1.29, 1.82) is 0 Å². The zero-order valence-electron chi connectivity index (χ0n) is 14.3. The van der Waals surface area contributed by atoms with Gasteiger partial charge in [-0.2, -0.15) is 0 Å². The van der Waals surface area contributed by atoms with Crippen molar-refractivity contribution in [3.05, 3.63) is 71.2 Å². The number of nitrogens with zero attached hydrogens (tertiary/aromatic N) is 2. The topological polar surface area (TPSA) is 77.2 Å². The third kappa shape index (κ3) is 3.47. The average Bonchev–Trinajstić information content (AvgIpc) is 3.15. The smallest absolute Gasteiger partial charge is 0.322 e. The Labute approximate surface area is 159 Å². The molecule has 1 aromatic heterocycles. The number of hydrogen-bond acceptors (Lipinski definition) is 5. The van der Waals surface area contributed by atoms with Gasteiger partial charge in [0.25, 0.3) is 5.91 Å². The molecule has 0 aliphatic rings. The third-order valence-electron chi connectivity index (χ3n) is 4.05. The molecule has 0 atom stereocenters. The Morgan fingerprint density at radius 3 is 2.44 bits per heavy atom. The number of aromatic nitrogens is 2. The van der Waals surface area contributed by atoms with Crippen LogP contribution in [0, 0.1) is 0 Å². The van der Waals surface area contributed by atoms with Crippen molar-refractivity contribution in [1.82, 2.24) is 10.2 Å². The van der Waals surface area contributed by atoms with Crippen LogP contribution in [0.25, 0.3) is 22.2 Å². The van der Waals surface area contributed by atoms with E-state index in [1.54, 1.807) is 30.3 Å². The predicted octanol–water partition coefficient (Wildman–Crippen LogP) is 4.80. The molecule has 4 rings (SSSR count). The lowest BCUT2D eigenvalue weighted by Gasteiger charge is -2.09. The zero-order valence-corrected chi connectivity index (χ0v) is 15.0. The second kappa shape index (κ2) is 7.09. The number of benzene rings is 3. The Morgan fingerprint density at radius 2 is 1.74 bits per heavy atom. The number of anilines is 1. The Bertz CT molecular complexity index is 1120. The SMILES string of the molecule is COc1cc2ccccc2cc1C(=O)Nc1nnc(-c2ccc(Cl)cc2)o1. The number of carbonyl (C=O) groups excluding carboxylic acids is 1. The van der Waals surface area contributed by atoms with Crippen LogP contribution in [-0.2, 0) is 0 Å². The summed E-state index contributed by atoms with van der Waals surface area (Å²) in [4.78, 5) is 12.7. The van der Waals surface area contributed by atoms with Gasteiger partial charge in [-0.3, -0.25) is 10.1 Å². The summed E-state index contributed by atoms with van der Waals surface area (Å²) >= 11 is 5.88. The number of fused-ring (bicyclic) bond motifs is 1. The maximum absolute atomic E-state index is 12.7. The summed E-state index contributed by atoms with van der Waals surface area (Å²) in [5, 5.41) is 13.0. The first-order valence-electron chi connectivity index (χ1n) is 8.11. The van der Waals surface area contributed by atoms with Gasteiger partial charge >= 0.3 is 6.01 Å². The summed E-state index contributed by atoms with van der Waals surface area (Å²) in [6.45, 7) is 0. The van der Waals surface area contributed by atoms with E-state index in [1.165, 1.54) is 7.11 Å². The van der Waals surface area contributed by atoms with Gasteiger partial charge in [-0.1, -0.05) is 41.0 Å². The van der Waals surface area contributed by atoms with Gasteiger partial charge in [0.05, 0.1) is 12.7 Å². The predicted molar refractivity (Wildman–Crippen MR) is 103 cm³/mol. The number of rotatable bonds is 4. The lowest BCUT2D eigenvalue weighted by molar-refractivity contribution is 0.102. The van der Waals surface area contributed by atoms with Gasteiger partial charge < -0.3 is 9.15 Å². The van der Waals surface area contributed by atoms with Crippen molar-refractivity contribution in [2.75, 3.05) is 12.4 Å². The number of amides is 1. The van der Waals surface area contributed by atoms with Crippen LogP contribution in [0.4, 0.5) is 6.01 Å². The first kappa shape index (κ1) is 17.1. The van der Waals surface area contributed by atoms with E-state index >= 15 is 0 Å². The fraction of sp³-hybridized carbons (Fsp3) is 0.0500. The molecule has 0 unspecified atom stereocenters. The number of carbonyl (C=O) groups is 1. The molecule has 6 nitrogen and oxygen atoms in total. The van der Waals surface area contributed by atoms with Gasteiger partial charge in [0.15, 0.2) is 0 Å². The highest BCUT2D eigenvalue weighted by atomic mass is 35.5. The van der Waals surface area contributed by atoms with E-state index < -0.39 is 5.91 Å². The molecular formula is C20H14ClN3O3. The summed E-state index contributed by atoms with van der Waals surface area (Å²) in [5.41, 5.74) is 1.08. The molecule has 27 heavy (non-hydrogen) atoms.